The van der Waals surface area contributed by atoms with Gasteiger partial charge in [0.25, 0.3) is 0 Å². The summed E-state index contributed by atoms with van der Waals surface area (Å²) in [6.45, 7) is 1.91. The molecule has 2 nitrogen and oxygen atoms in total. The van der Waals surface area contributed by atoms with Crippen LogP contribution in [0.4, 0.5) is 5.69 Å². The first-order valence-electron chi connectivity index (χ1n) is 3.55. The van der Waals surface area contributed by atoms with E-state index in [-0.39, 0.29) is 0 Å². The number of rotatable bonds is 0. The third-order valence-corrected chi connectivity index (χ3v) is 1.52. The maximum atomic E-state index is 9.96. The fourth-order valence-corrected chi connectivity index (χ4v) is 0.934. The molecule has 1 aromatic rings. The molecular formula is C10H9NO. The van der Waals surface area contributed by atoms with Crippen LogP contribution in [-0.4, -0.2) is 6.29 Å². The van der Waals surface area contributed by atoms with Crippen LogP contribution in [0.3, 0.4) is 0 Å². The van der Waals surface area contributed by atoms with Crippen LogP contribution in [-0.2, 0) is 4.79 Å². The topological polar surface area (TPSA) is 43.1 Å². The number of anilines is 1. The molecule has 0 saturated carbocycles. The Morgan fingerprint density at radius 2 is 2.25 bits per heavy atom. The highest BCUT2D eigenvalue weighted by molar-refractivity contribution is 5.74. The summed E-state index contributed by atoms with van der Waals surface area (Å²) in [6, 6.07) is 5.40. The van der Waals surface area contributed by atoms with Gasteiger partial charge in [0.15, 0.2) is 6.29 Å². The van der Waals surface area contributed by atoms with Crippen molar-refractivity contribution >= 4 is 12.0 Å². The maximum Gasteiger partial charge on any atom is 0.193 e. The number of aldehydes is 1. The molecule has 0 aliphatic carbocycles. The van der Waals surface area contributed by atoms with Gasteiger partial charge in [0, 0.05) is 11.3 Å². The minimum Gasteiger partial charge on any atom is -0.399 e. The van der Waals surface area contributed by atoms with Crippen LogP contribution in [0.5, 0.6) is 0 Å². The number of carbonyl (C=O) groups is 1. The first kappa shape index (κ1) is 8.35. The Balaban J connectivity index is 3.09. The first-order chi connectivity index (χ1) is 5.74. The SMILES string of the molecule is Cc1cc(N)ccc1C#CC=O. The number of nitrogens with two attached hydrogens (primary N) is 1. The fourth-order valence-electron chi connectivity index (χ4n) is 0.934. The second-order valence-corrected chi connectivity index (χ2v) is 2.46. The Kier molecular flexibility index (Phi) is 2.49. The molecule has 0 aliphatic heterocycles. The summed E-state index contributed by atoms with van der Waals surface area (Å²) in [4.78, 5) is 9.96. The van der Waals surface area contributed by atoms with E-state index in [0.29, 0.717) is 12.0 Å². The van der Waals surface area contributed by atoms with Crippen LogP contribution in [0.2, 0.25) is 0 Å². The monoisotopic (exact) mass is 159 g/mol. The van der Waals surface area contributed by atoms with Crippen molar-refractivity contribution in [3.63, 3.8) is 0 Å². The second kappa shape index (κ2) is 3.59. The van der Waals surface area contributed by atoms with Gasteiger partial charge in [0.05, 0.1) is 0 Å². The Labute approximate surface area is 71.4 Å². The lowest BCUT2D eigenvalue weighted by atomic mass is 10.1. The second-order valence-electron chi connectivity index (χ2n) is 2.46. The molecule has 0 atom stereocenters. The normalized spacial score (nSPS) is 8.42. The molecule has 0 fully saturated rings. The van der Waals surface area contributed by atoms with E-state index in [1.165, 1.54) is 0 Å². The van der Waals surface area contributed by atoms with Crippen molar-refractivity contribution in [2.45, 2.75) is 6.92 Å². The van der Waals surface area contributed by atoms with Crippen molar-refractivity contribution in [3.05, 3.63) is 29.3 Å². The third-order valence-electron chi connectivity index (χ3n) is 1.52. The van der Waals surface area contributed by atoms with Crippen LogP contribution in [0.25, 0.3) is 0 Å². The molecule has 0 aliphatic rings. The lowest BCUT2D eigenvalue weighted by Gasteiger charge is -1.98. The number of nitrogen functional groups attached to an aromatic ring is 1. The first-order valence-corrected chi connectivity index (χ1v) is 3.55. The van der Waals surface area contributed by atoms with Crippen molar-refractivity contribution in [1.82, 2.24) is 0 Å². The van der Waals surface area contributed by atoms with Crippen molar-refractivity contribution < 1.29 is 4.79 Å². The van der Waals surface area contributed by atoms with Crippen molar-refractivity contribution in [2.24, 2.45) is 0 Å². The van der Waals surface area contributed by atoms with E-state index >= 15 is 0 Å². The molecule has 0 spiro atoms. The largest absolute Gasteiger partial charge is 0.399 e. The van der Waals surface area contributed by atoms with Crippen LogP contribution in [0.15, 0.2) is 18.2 Å². The number of hydrogen-bond acceptors (Lipinski definition) is 2. The van der Waals surface area contributed by atoms with Gasteiger partial charge < -0.3 is 5.73 Å². The molecule has 0 bridgehead atoms. The van der Waals surface area contributed by atoms with E-state index in [1.807, 2.05) is 13.0 Å². The lowest BCUT2D eigenvalue weighted by Crippen LogP contribution is -1.88. The molecule has 0 radical (unpaired) electrons. The summed E-state index contributed by atoms with van der Waals surface area (Å²) in [5.41, 5.74) is 8.08. The van der Waals surface area contributed by atoms with E-state index in [2.05, 4.69) is 11.8 Å². The van der Waals surface area contributed by atoms with Gasteiger partial charge in [0.1, 0.15) is 0 Å². The highest BCUT2D eigenvalue weighted by Crippen LogP contribution is 2.10. The average Bonchev–Trinajstić information content (AvgIpc) is 2.03. The zero-order chi connectivity index (χ0) is 8.97. The molecule has 0 amide bonds. The summed E-state index contributed by atoms with van der Waals surface area (Å²) < 4.78 is 0. The number of benzene rings is 1. The quantitative estimate of drug-likeness (QED) is 0.350. The highest BCUT2D eigenvalue weighted by Gasteiger charge is 1.93. The van der Waals surface area contributed by atoms with E-state index in [1.54, 1.807) is 12.1 Å². The van der Waals surface area contributed by atoms with Crippen molar-refractivity contribution in [1.29, 1.82) is 0 Å². The Morgan fingerprint density at radius 1 is 1.50 bits per heavy atom. The summed E-state index contributed by atoms with van der Waals surface area (Å²) in [6.07, 6.45) is 0.579. The Bertz CT molecular complexity index is 358. The van der Waals surface area contributed by atoms with E-state index < -0.39 is 0 Å². The van der Waals surface area contributed by atoms with Crippen LogP contribution < -0.4 is 5.73 Å². The van der Waals surface area contributed by atoms with Crippen LogP contribution in [0.1, 0.15) is 11.1 Å². The lowest BCUT2D eigenvalue weighted by molar-refractivity contribution is -0.103. The molecule has 0 aromatic heterocycles. The molecular weight excluding hydrogens is 150 g/mol. The van der Waals surface area contributed by atoms with Gasteiger partial charge >= 0.3 is 0 Å². The Morgan fingerprint density at radius 3 is 2.83 bits per heavy atom. The van der Waals surface area contributed by atoms with Gasteiger partial charge in [-0.15, -0.1) is 0 Å². The molecule has 2 heteroatoms. The summed E-state index contributed by atoms with van der Waals surface area (Å²) in [5, 5.41) is 0. The van der Waals surface area contributed by atoms with E-state index in [4.69, 9.17) is 5.73 Å². The fraction of sp³-hybridized carbons (Fsp3) is 0.100. The van der Waals surface area contributed by atoms with Crippen LogP contribution in [0, 0.1) is 18.8 Å². The predicted octanol–water partition coefficient (Wildman–Crippen LogP) is 1.13. The standard InChI is InChI=1S/C10H9NO/c1-8-7-10(11)5-4-9(8)3-2-6-12/h4-7H,11H2,1H3. The highest BCUT2D eigenvalue weighted by atomic mass is 16.1. The summed E-state index contributed by atoms with van der Waals surface area (Å²) in [7, 11) is 0. The predicted molar refractivity (Wildman–Crippen MR) is 48.5 cm³/mol. The van der Waals surface area contributed by atoms with Crippen molar-refractivity contribution in [3.8, 4) is 11.8 Å². The average molecular weight is 159 g/mol. The zero-order valence-corrected chi connectivity index (χ0v) is 6.79. The molecule has 60 valence electrons. The molecule has 12 heavy (non-hydrogen) atoms. The minimum atomic E-state index is 0.579. The molecule has 0 heterocycles. The molecule has 0 unspecified atom stereocenters. The number of carbonyl (C=O) groups excluding carboxylic acids is 1. The van der Waals surface area contributed by atoms with Gasteiger partial charge in [-0.2, -0.15) is 0 Å². The smallest absolute Gasteiger partial charge is 0.193 e. The molecule has 0 saturated heterocycles. The van der Waals surface area contributed by atoms with Gasteiger partial charge in [0.2, 0.25) is 0 Å². The maximum absolute atomic E-state index is 9.96. The van der Waals surface area contributed by atoms with Gasteiger partial charge in [-0.25, -0.2) is 0 Å². The summed E-state index contributed by atoms with van der Waals surface area (Å²) >= 11 is 0. The third kappa shape index (κ3) is 1.86. The number of hydrogen-bond donors (Lipinski definition) is 1. The Hall–Kier alpha value is -1.75. The van der Waals surface area contributed by atoms with E-state index in [0.717, 1.165) is 11.1 Å². The minimum absolute atomic E-state index is 0.579. The zero-order valence-electron chi connectivity index (χ0n) is 6.79. The molecule has 2 N–H and O–H groups in total. The van der Waals surface area contributed by atoms with Gasteiger partial charge in [-0.05, 0) is 36.6 Å². The summed E-state index contributed by atoms with van der Waals surface area (Å²) in [5.74, 6) is 5.07. The van der Waals surface area contributed by atoms with Gasteiger partial charge in [-0.3, -0.25) is 4.79 Å². The molecule has 1 aromatic carbocycles. The van der Waals surface area contributed by atoms with Crippen molar-refractivity contribution in [2.75, 3.05) is 5.73 Å². The van der Waals surface area contributed by atoms with Crippen LogP contribution >= 0.6 is 0 Å². The number of aryl methyl sites for hydroxylation is 1. The van der Waals surface area contributed by atoms with Gasteiger partial charge in [-0.1, -0.05) is 5.92 Å². The molecule has 1 rings (SSSR count). The van der Waals surface area contributed by atoms with E-state index in [9.17, 15) is 4.79 Å².